The van der Waals surface area contributed by atoms with Gasteiger partial charge in [0.1, 0.15) is 11.5 Å². The molecule has 3 rings (SSSR count). The zero-order chi connectivity index (χ0) is 23.3. The van der Waals surface area contributed by atoms with Crippen molar-refractivity contribution in [3.05, 3.63) is 52.9 Å². The van der Waals surface area contributed by atoms with Crippen molar-refractivity contribution >= 4 is 28.1 Å². The maximum absolute atomic E-state index is 13.5. The van der Waals surface area contributed by atoms with Gasteiger partial charge < -0.3 is 20.9 Å². The molecule has 2 aromatic carbocycles. The number of nitrogens with one attached hydrogen (secondary N) is 1. The van der Waals surface area contributed by atoms with E-state index in [9.17, 15) is 23.1 Å². The molecule has 0 aliphatic carbocycles. The van der Waals surface area contributed by atoms with Crippen molar-refractivity contribution in [2.45, 2.75) is 32.4 Å². The van der Waals surface area contributed by atoms with Crippen molar-refractivity contribution in [3.63, 3.8) is 0 Å². The van der Waals surface area contributed by atoms with Crippen LogP contribution in [0.25, 0.3) is 11.3 Å². The first kappa shape index (κ1) is 23.4. The molecule has 0 bridgehead atoms. The van der Waals surface area contributed by atoms with Gasteiger partial charge in [-0.1, -0.05) is 19.8 Å². The minimum absolute atomic E-state index is 0.0469. The van der Waals surface area contributed by atoms with Crippen molar-refractivity contribution in [3.8, 4) is 22.8 Å². The van der Waals surface area contributed by atoms with E-state index in [1.54, 1.807) is 11.4 Å². The van der Waals surface area contributed by atoms with Crippen LogP contribution in [0, 0.1) is 0 Å². The summed E-state index contributed by atoms with van der Waals surface area (Å²) >= 11 is 1.18. The molecule has 0 radical (unpaired) electrons. The fraction of sp³-hybridized carbons (Fsp3) is 0.273. The van der Waals surface area contributed by atoms with Crippen LogP contribution < -0.4 is 15.8 Å². The zero-order valence-electron chi connectivity index (χ0n) is 17.2. The van der Waals surface area contributed by atoms with Gasteiger partial charge in [-0.05, 0) is 42.8 Å². The summed E-state index contributed by atoms with van der Waals surface area (Å²) in [5.74, 6) is -1.23. The number of thiazole rings is 1. The minimum Gasteiger partial charge on any atom is -0.507 e. The summed E-state index contributed by atoms with van der Waals surface area (Å²) in [5.41, 5.74) is 5.56. The van der Waals surface area contributed by atoms with Gasteiger partial charge in [-0.3, -0.25) is 4.79 Å². The van der Waals surface area contributed by atoms with Crippen LogP contribution in [0.15, 0.2) is 41.8 Å². The second-order valence-corrected chi connectivity index (χ2v) is 7.88. The SMILES string of the molecule is CCCCCOc1ccc(Nc2nc(-c3ccc(O)c(C(N)=O)c3)cs2)cc1C(F)(F)F. The number of nitrogens with zero attached hydrogens (tertiary/aromatic N) is 1. The minimum atomic E-state index is -4.57. The molecule has 170 valence electrons. The first-order valence-corrected chi connectivity index (χ1v) is 10.8. The number of alkyl halides is 3. The number of primary amides is 1. The van der Waals surface area contributed by atoms with E-state index in [2.05, 4.69) is 10.3 Å². The molecule has 0 aliphatic rings. The molecular weight excluding hydrogens is 443 g/mol. The Bertz CT molecular complexity index is 1100. The quantitative estimate of drug-likeness (QED) is 0.340. The number of hydrogen-bond donors (Lipinski definition) is 3. The summed E-state index contributed by atoms with van der Waals surface area (Å²) in [6.07, 6.45) is -2.05. The second kappa shape index (κ2) is 9.90. The van der Waals surface area contributed by atoms with Gasteiger partial charge in [-0.15, -0.1) is 11.3 Å². The number of aromatic nitrogens is 1. The predicted molar refractivity (Wildman–Crippen MR) is 117 cm³/mol. The molecule has 10 heteroatoms. The number of hydrogen-bond acceptors (Lipinski definition) is 6. The Labute approximate surface area is 186 Å². The lowest BCUT2D eigenvalue weighted by atomic mass is 10.1. The highest BCUT2D eigenvalue weighted by molar-refractivity contribution is 7.14. The number of carbonyl (C=O) groups is 1. The largest absolute Gasteiger partial charge is 0.507 e. The normalized spacial score (nSPS) is 11.4. The average Bonchev–Trinajstić information content (AvgIpc) is 3.20. The Morgan fingerprint density at radius 1 is 1.22 bits per heavy atom. The van der Waals surface area contributed by atoms with E-state index in [1.165, 1.54) is 35.6 Å². The fourth-order valence-electron chi connectivity index (χ4n) is 2.97. The first-order valence-electron chi connectivity index (χ1n) is 9.89. The average molecular weight is 465 g/mol. The number of ether oxygens (including phenoxy) is 1. The van der Waals surface area contributed by atoms with Crippen LogP contribution in [-0.4, -0.2) is 22.6 Å². The number of aromatic hydroxyl groups is 1. The highest BCUT2D eigenvalue weighted by atomic mass is 32.1. The van der Waals surface area contributed by atoms with E-state index in [-0.39, 0.29) is 29.4 Å². The molecule has 6 nitrogen and oxygen atoms in total. The third kappa shape index (κ3) is 5.70. The van der Waals surface area contributed by atoms with E-state index >= 15 is 0 Å². The Morgan fingerprint density at radius 2 is 2.00 bits per heavy atom. The fourth-order valence-corrected chi connectivity index (χ4v) is 3.71. The molecule has 0 aliphatic heterocycles. The molecule has 0 fully saturated rings. The summed E-state index contributed by atoms with van der Waals surface area (Å²) in [4.78, 5) is 15.8. The third-order valence-electron chi connectivity index (χ3n) is 4.60. The predicted octanol–water partition coefficient (Wildman–Crippen LogP) is 5.95. The van der Waals surface area contributed by atoms with Crippen LogP contribution in [0.4, 0.5) is 24.0 Å². The van der Waals surface area contributed by atoms with E-state index < -0.39 is 17.6 Å². The lowest BCUT2D eigenvalue weighted by molar-refractivity contribution is -0.138. The standard InChI is InChI=1S/C22H22F3N3O3S/c1-2-3-4-9-31-19-8-6-14(11-16(19)22(23,24)25)27-21-28-17(12-32-21)13-5-7-18(29)15(10-13)20(26)30/h5-8,10-12,29H,2-4,9H2,1H3,(H2,26,30)(H,27,28). The molecule has 4 N–H and O–H groups in total. The van der Waals surface area contributed by atoms with Crippen molar-refractivity contribution in [1.82, 2.24) is 4.98 Å². The van der Waals surface area contributed by atoms with Crippen LogP contribution in [0.2, 0.25) is 0 Å². The maximum Gasteiger partial charge on any atom is 0.420 e. The monoisotopic (exact) mass is 465 g/mol. The van der Waals surface area contributed by atoms with Gasteiger partial charge in [0.15, 0.2) is 5.13 Å². The van der Waals surface area contributed by atoms with E-state index in [0.29, 0.717) is 22.8 Å². The zero-order valence-corrected chi connectivity index (χ0v) is 18.0. The van der Waals surface area contributed by atoms with Crippen LogP contribution in [0.3, 0.4) is 0 Å². The molecule has 32 heavy (non-hydrogen) atoms. The van der Waals surface area contributed by atoms with Gasteiger partial charge in [0, 0.05) is 16.6 Å². The smallest absolute Gasteiger partial charge is 0.420 e. The molecule has 0 saturated carbocycles. The molecule has 1 aromatic heterocycles. The Kier molecular flexibility index (Phi) is 7.24. The van der Waals surface area contributed by atoms with E-state index in [4.69, 9.17) is 10.5 Å². The molecule has 3 aromatic rings. The van der Waals surface area contributed by atoms with Crippen LogP contribution in [-0.2, 0) is 6.18 Å². The van der Waals surface area contributed by atoms with E-state index in [1.807, 2.05) is 6.92 Å². The number of halogens is 3. The van der Waals surface area contributed by atoms with Gasteiger partial charge in [0.05, 0.1) is 23.4 Å². The lowest BCUT2D eigenvalue weighted by Gasteiger charge is -2.15. The number of amides is 1. The van der Waals surface area contributed by atoms with E-state index in [0.717, 1.165) is 18.9 Å². The highest BCUT2D eigenvalue weighted by Gasteiger charge is 2.34. The summed E-state index contributed by atoms with van der Waals surface area (Å²) in [5, 5.41) is 14.6. The van der Waals surface area contributed by atoms with Gasteiger partial charge >= 0.3 is 6.18 Å². The molecule has 0 saturated heterocycles. The second-order valence-electron chi connectivity index (χ2n) is 7.02. The third-order valence-corrected chi connectivity index (χ3v) is 5.36. The number of rotatable bonds is 9. The molecule has 1 amide bonds. The maximum atomic E-state index is 13.5. The topological polar surface area (TPSA) is 97.5 Å². The van der Waals surface area contributed by atoms with Gasteiger partial charge in [-0.2, -0.15) is 13.2 Å². The lowest BCUT2D eigenvalue weighted by Crippen LogP contribution is -2.11. The molecular formula is C22H22F3N3O3S. The molecule has 0 unspecified atom stereocenters. The van der Waals surface area contributed by atoms with Gasteiger partial charge in [0.2, 0.25) is 0 Å². The number of unbranched alkanes of at least 4 members (excludes halogenated alkanes) is 2. The van der Waals surface area contributed by atoms with Crippen molar-refractivity contribution in [2.24, 2.45) is 5.73 Å². The van der Waals surface area contributed by atoms with Crippen molar-refractivity contribution in [1.29, 1.82) is 0 Å². The number of carbonyl (C=O) groups excluding carboxylic acids is 1. The van der Waals surface area contributed by atoms with Crippen molar-refractivity contribution < 1.29 is 27.8 Å². The van der Waals surface area contributed by atoms with Gasteiger partial charge in [0.25, 0.3) is 5.91 Å². The molecule has 0 spiro atoms. The Balaban J connectivity index is 1.80. The summed E-state index contributed by atoms with van der Waals surface area (Å²) in [6.45, 7) is 2.23. The number of benzene rings is 2. The Hall–Kier alpha value is -3.27. The number of anilines is 2. The van der Waals surface area contributed by atoms with Gasteiger partial charge in [-0.25, -0.2) is 4.98 Å². The van der Waals surface area contributed by atoms with Crippen LogP contribution in [0.5, 0.6) is 11.5 Å². The molecule has 0 atom stereocenters. The Morgan fingerprint density at radius 3 is 2.69 bits per heavy atom. The summed E-state index contributed by atoms with van der Waals surface area (Å²) in [7, 11) is 0. The van der Waals surface area contributed by atoms with Crippen LogP contribution >= 0.6 is 11.3 Å². The first-order chi connectivity index (χ1) is 15.2. The van der Waals surface area contributed by atoms with Crippen LogP contribution in [0.1, 0.15) is 42.1 Å². The summed E-state index contributed by atoms with van der Waals surface area (Å²) in [6, 6.07) is 8.08. The number of nitrogens with two attached hydrogens (primary N) is 1. The highest BCUT2D eigenvalue weighted by Crippen LogP contribution is 2.39. The number of phenols is 1. The van der Waals surface area contributed by atoms with Crippen molar-refractivity contribution in [2.75, 3.05) is 11.9 Å². The summed E-state index contributed by atoms with van der Waals surface area (Å²) < 4.78 is 45.9. The molecule has 1 heterocycles.